The summed E-state index contributed by atoms with van der Waals surface area (Å²) in [5, 5.41) is 3.47. The van der Waals surface area contributed by atoms with Crippen molar-refractivity contribution in [3.63, 3.8) is 0 Å². The average molecular weight is 294 g/mol. The quantitative estimate of drug-likeness (QED) is 0.778. The van der Waals surface area contributed by atoms with Crippen LogP contribution in [0.2, 0.25) is 0 Å². The maximum Gasteiger partial charge on any atom is 0.222 e. The van der Waals surface area contributed by atoms with Crippen molar-refractivity contribution in [2.24, 2.45) is 11.8 Å². The molecular weight excluding hydrogens is 260 g/mol. The monoisotopic (exact) mass is 294 g/mol. The summed E-state index contributed by atoms with van der Waals surface area (Å²) in [5.41, 5.74) is 0. The third-order valence-corrected chi connectivity index (χ3v) is 5.21. The van der Waals surface area contributed by atoms with Crippen molar-refractivity contribution in [1.82, 2.24) is 10.2 Å². The Bertz CT molecular complexity index is 294. The summed E-state index contributed by atoms with van der Waals surface area (Å²) < 4.78 is 0. The van der Waals surface area contributed by atoms with E-state index in [1.54, 1.807) is 0 Å². The minimum absolute atomic E-state index is 0.410. The molecule has 3 nitrogen and oxygen atoms in total. The normalized spacial score (nSPS) is 24.0. The number of nitrogens with zero attached hydrogens (tertiary/aromatic N) is 1. The largest absolute Gasteiger partial charge is 0.342 e. The molecule has 1 saturated heterocycles. The van der Waals surface area contributed by atoms with Gasteiger partial charge >= 0.3 is 0 Å². The van der Waals surface area contributed by atoms with Crippen LogP contribution in [-0.4, -0.2) is 37.0 Å². The van der Waals surface area contributed by atoms with E-state index in [4.69, 9.17) is 0 Å². The van der Waals surface area contributed by atoms with Gasteiger partial charge in [0.15, 0.2) is 0 Å². The number of nitrogens with one attached hydrogen (secondary N) is 1. The first-order chi connectivity index (χ1) is 10.3. The van der Waals surface area contributed by atoms with Crippen molar-refractivity contribution in [3.8, 4) is 0 Å². The molecule has 122 valence electrons. The SMILES string of the molecule is CCCN(CC1CCCNC1)C(=O)CCC1CCCCC1. The van der Waals surface area contributed by atoms with Gasteiger partial charge in [0, 0.05) is 19.5 Å². The summed E-state index contributed by atoms with van der Waals surface area (Å²) in [4.78, 5) is 14.7. The molecule has 0 aromatic heterocycles. The molecule has 0 radical (unpaired) electrons. The van der Waals surface area contributed by atoms with Crippen LogP contribution in [0.25, 0.3) is 0 Å². The maximum atomic E-state index is 12.6. The van der Waals surface area contributed by atoms with Crippen LogP contribution in [0.5, 0.6) is 0 Å². The van der Waals surface area contributed by atoms with Crippen LogP contribution in [-0.2, 0) is 4.79 Å². The minimum Gasteiger partial charge on any atom is -0.342 e. The number of carbonyl (C=O) groups excluding carboxylic acids is 1. The minimum atomic E-state index is 0.410. The highest BCUT2D eigenvalue weighted by molar-refractivity contribution is 5.76. The lowest BCUT2D eigenvalue weighted by Crippen LogP contribution is -2.41. The molecule has 2 rings (SSSR count). The van der Waals surface area contributed by atoms with Crippen molar-refractivity contribution in [3.05, 3.63) is 0 Å². The zero-order chi connectivity index (χ0) is 14.9. The summed E-state index contributed by atoms with van der Waals surface area (Å²) >= 11 is 0. The number of hydrogen-bond acceptors (Lipinski definition) is 2. The van der Waals surface area contributed by atoms with E-state index in [-0.39, 0.29) is 0 Å². The van der Waals surface area contributed by atoms with Gasteiger partial charge in [0.2, 0.25) is 5.91 Å². The first-order valence-corrected chi connectivity index (χ1v) is 9.28. The summed E-state index contributed by atoms with van der Waals surface area (Å²) in [6, 6.07) is 0. The predicted octanol–water partition coefficient (Wildman–Crippen LogP) is 3.59. The highest BCUT2D eigenvalue weighted by atomic mass is 16.2. The van der Waals surface area contributed by atoms with Crippen LogP contribution in [0, 0.1) is 11.8 Å². The van der Waals surface area contributed by atoms with E-state index in [1.807, 2.05) is 0 Å². The summed E-state index contributed by atoms with van der Waals surface area (Å²) in [7, 11) is 0. The van der Waals surface area contributed by atoms with Crippen molar-refractivity contribution in [2.75, 3.05) is 26.2 Å². The Balaban J connectivity index is 1.74. The lowest BCUT2D eigenvalue weighted by atomic mass is 9.86. The van der Waals surface area contributed by atoms with E-state index in [0.717, 1.165) is 51.4 Å². The average Bonchev–Trinajstić information content (AvgIpc) is 2.54. The molecule has 3 heteroatoms. The molecule has 1 N–H and O–H groups in total. The van der Waals surface area contributed by atoms with E-state index in [1.165, 1.54) is 44.9 Å². The molecule has 0 aromatic carbocycles. The molecule has 1 saturated carbocycles. The van der Waals surface area contributed by atoms with Crippen LogP contribution >= 0.6 is 0 Å². The fourth-order valence-electron chi connectivity index (χ4n) is 3.94. The van der Waals surface area contributed by atoms with Gasteiger partial charge in [-0.15, -0.1) is 0 Å². The third kappa shape index (κ3) is 5.98. The zero-order valence-electron chi connectivity index (χ0n) is 13.9. The van der Waals surface area contributed by atoms with Crippen molar-refractivity contribution in [1.29, 1.82) is 0 Å². The summed E-state index contributed by atoms with van der Waals surface area (Å²) in [6.07, 6.45) is 12.4. The van der Waals surface area contributed by atoms with Crippen molar-refractivity contribution < 1.29 is 4.79 Å². The fourth-order valence-corrected chi connectivity index (χ4v) is 3.94. The fraction of sp³-hybridized carbons (Fsp3) is 0.944. The molecular formula is C18H34N2O. The van der Waals surface area contributed by atoms with Crippen LogP contribution in [0.15, 0.2) is 0 Å². The van der Waals surface area contributed by atoms with Gasteiger partial charge in [0.1, 0.15) is 0 Å². The van der Waals surface area contributed by atoms with E-state index in [0.29, 0.717) is 11.8 Å². The van der Waals surface area contributed by atoms with Gasteiger partial charge in [0.25, 0.3) is 0 Å². The molecule has 1 aliphatic heterocycles. The standard InChI is InChI=1S/C18H34N2O/c1-2-13-20(15-17-9-6-12-19-14-17)18(21)11-10-16-7-4-3-5-8-16/h16-17,19H,2-15H2,1H3. The number of carbonyl (C=O) groups is 1. The number of piperidine rings is 1. The molecule has 1 atom stereocenters. The van der Waals surface area contributed by atoms with Crippen LogP contribution in [0.3, 0.4) is 0 Å². The van der Waals surface area contributed by atoms with E-state index in [2.05, 4.69) is 17.1 Å². The number of rotatable bonds is 7. The molecule has 21 heavy (non-hydrogen) atoms. The summed E-state index contributed by atoms with van der Waals surface area (Å²) in [6.45, 7) is 6.35. The smallest absolute Gasteiger partial charge is 0.222 e. The highest BCUT2D eigenvalue weighted by Gasteiger charge is 2.21. The molecule has 0 aromatic rings. The Morgan fingerprint density at radius 2 is 1.86 bits per heavy atom. The van der Waals surface area contributed by atoms with Gasteiger partial charge in [-0.2, -0.15) is 0 Å². The zero-order valence-corrected chi connectivity index (χ0v) is 13.9. The van der Waals surface area contributed by atoms with Crippen LogP contribution in [0.1, 0.15) is 71.1 Å². The van der Waals surface area contributed by atoms with Crippen LogP contribution < -0.4 is 5.32 Å². The number of amides is 1. The van der Waals surface area contributed by atoms with Gasteiger partial charge in [-0.25, -0.2) is 0 Å². The van der Waals surface area contributed by atoms with Gasteiger partial charge in [-0.05, 0) is 50.6 Å². The molecule has 0 bridgehead atoms. The predicted molar refractivity (Wildman–Crippen MR) is 88.3 cm³/mol. The first-order valence-electron chi connectivity index (χ1n) is 9.28. The second-order valence-corrected chi connectivity index (χ2v) is 7.09. The van der Waals surface area contributed by atoms with Crippen molar-refractivity contribution in [2.45, 2.75) is 71.1 Å². The van der Waals surface area contributed by atoms with E-state index < -0.39 is 0 Å². The number of hydrogen-bond donors (Lipinski definition) is 1. The van der Waals surface area contributed by atoms with E-state index in [9.17, 15) is 4.79 Å². The van der Waals surface area contributed by atoms with Gasteiger partial charge in [0.05, 0.1) is 0 Å². The first kappa shape index (κ1) is 16.8. The topological polar surface area (TPSA) is 32.3 Å². The highest BCUT2D eigenvalue weighted by Crippen LogP contribution is 2.27. The lowest BCUT2D eigenvalue weighted by molar-refractivity contribution is -0.132. The van der Waals surface area contributed by atoms with E-state index >= 15 is 0 Å². The molecule has 1 aliphatic carbocycles. The molecule has 1 unspecified atom stereocenters. The molecule has 2 aliphatic rings. The Kier molecular flexibility index (Phi) is 7.56. The Hall–Kier alpha value is -0.570. The Labute approximate surface area is 130 Å². The van der Waals surface area contributed by atoms with Gasteiger partial charge in [-0.3, -0.25) is 4.79 Å². The van der Waals surface area contributed by atoms with Crippen molar-refractivity contribution >= 4 is 5.91 Å². The summed E-state index contributed by atoms with van der Waals surface area (Å²) in [5.74, 6) is 1.90. The Morgan fingerprint density at radius 3 is 2.52 bits per heavy atom. The second kappa shape index (κ2) is 9.45. The molecule has 2 fully saturated rings. The molecule has 1 heterocycles. The van der Waals surface area contributed by atoms with Crippen LogP contribution in [0.4, 0.5) is 0 Å². The molecule has 1 amide bonds. The maximum absolute atomic E-state index is 12.6. The lowest BCUT2D eigenvalue weighted by Gasteiger charge is -2.31. The van der Waals surface area contributed by atoms with Gasteiger partial charge in [-0.1, -0.05) is 39.0 Å². The van der Waals surface area contributed by atoms with Gasteiger partial charge < -0.3 is 10.2 Å². The molecule has 0 spiro atoms. The second-order valence-electron chi connectivity index (χ2n) is 7.09. The third-order valence-electron chi connectivity index (χ3n) is 5.21. The Morgan fingerprint density at radius 1 is 1.10 bits per heavy atom.